The Morgan fingerprint density at radius 3 is 2.84 bits per heavy atom. The molecule has 0 spiro atoms. The van der Waals surface area contributed by atoms with E-state index in [0.717, 1.165) is 4.90 Å². The van der Waals surface area contributed by atoms with Gasteiger partial charge in [-0.1, -0.05) is 0 Å². The molecule has 1 aromatic heterocycles. The number of alkyl halides is 2. The minimum absolute atomic E-state index is 0.111. The van der Waals surface area contributed by atoms with Crippen molar-refractivity contribution in [1.29, 1.82) is 0 Å². The molecule has 0 saturated carbocycles. The van der Waals surface area contributed by atoms with Gasteiger partial charge in [0.1, 0.15) is 5.54 Å². The Bertz CT molecular complexity index is 754. The summed E-state index contributed by atoms with van der Waals surface area (Å²) in [6.45, 7) is 1.09. The lowest BCUT2D eigenvalue weighted by Gasteiger charge is -2.36. The lowest BCUT2D eigenvalue weighted by molar-refractivity contribution is -0.339. The minimum Gasteiger partial charge on any atom is -0.475 e. The Morgan fingerprint density at radius 1 is 1.56 bits per heavy atom. The number of hydroxylamine groups is 2. The number of halogens is 2. The zero-order valence-electron chi connectivity index (χ0n) is 12.7. The molecule has 25 heavy (non-hydrogen) atoms. The fraction of sp³-hybridized carbons (Fsp3) is 0.500. The molecule has 3 rings (SSSR count). The largest absolute Gasteiger partial charge is 0.476 e. The van der Waals surface area contributed by atoms with Gasteiger partial charge in [0.2, 0.25) is 0 Å². The number of rotatable bonds is 5. The van der Waals surface area contributed by atoms with Crippen molar-refractivity contribution in [2.24, 2.45) is 0 Å². The summed E-state index contributed by atoms with van der Waals surface area (Å²) in [5.41, 5.74) is -0.744. The first-order valence-electron chi connectivity index (χ1n) is 6.99. The molecule has 11 nitrogen and oxygen atoms in total. The highest BCUT2D eigenvalue weighted by Crippen LogP contribution is 2.47. The Morgan fingerprint density at radius 2 is 2.24 bits per heavy atom. The summed E-state index contributed by atoms with van der Waals surface area (Å²) >= 11 is 0. The highest BCUT2D eigenvalue weighted by molar-refractivity contribution is 5.80. The van der Waals surface area contributed by atoms with Gasteiger partial charge in [0, 0.05) is 12.1 Å². The lowest BCUT2D eigenvalue weighted by atomic mass is 9.87. The standard InChI is InChI=1S/C12H13F2N5O6/c1-11-4-18(10(24)19(11)25-12(13,14)8(20)21)6(3-15-9(22)23)7-5(11)2-16-17-7/h2,6,15H,3-4H2,1H3,(H,16,17)(H,20,21)(H,22,23)/t6?,11-/m1/s1. The molecule has 136 valence electrons. The molecule has 1 saturated heterocycles. The van der Waals surface area contributed by atoms with Gasteiger partial charge in [-0.3, -0.25) is 5.10 Å². The summed E-state index contributed by atoms with van der Waals surface area (Å²) in [6, 6.07) is -1.84. The van der Waals surface area contributed by atoms with Crippen LogP contribution in [-0.4, -0.2) is 67.7 Å². The van der Waals surface area contributed by atoms with E-state index in [9.17, 15) is 23.2 Å². The molecule has 2 bridgehead atoms. The fourth-order valence-corrected chi connectivity index (χ4v) is 3.05. The van der Waals surface area contributed by atoms with Crippen LogP contribution in [0.3, 0.4) is 0 Å². The highest BCUT2D eigenvalue weighted by Gasteiger charge is 2.60. The van der Waals surface area contributed by atoms with Gasteiger partial charge in [-0.25, -0.2) is 14.4 Å². The van der Waals surface area contributed by atoms with Crippen LogP contribution in [0.4, 0.5) is 18.4 Å². The lowest BCUT2D eigenvalue weighted by Crippen LogP contribution is -2.48. The number of carboxylic acids is 1. The summed E-state index contributed by atoms with van der Waals surface area (Å²) in [5, 5.41) is 26.2. The van der Waals surface area contributed by atoms with Gasteiger partial charge < -0.3 is 20.4 Å². The third-order valence-corrected chi connectivity index (χ3v) is 4.21. The molecule has 13 heteroatoms. The van der Waals surface area contributed by atoms with E-state index in [1.165, 1.54) is 13.1 Å². The Labute approximate surface area is 138 Å². The number of amides is 3. The smallest absolute Gasteiger partial charge is 0.475 e. The maximum absolute atomic E-state index is 13.5. The minimum atomic E-state index is -4.62. The molecule has 2 atom stereocenters. The van der Waals surface area contributed by atoms with E-state index in [0.29, 0.717) is 16.3 Å². The number of hydrogen-bond acceptors (Lipinski definition) is 5. The first kappa shape index (κ1) is 16.9. The number of urea groups is 1. The van der Waals surface area contributed by atoms with Crippen LogP contribution in [0.25, 0.3) is 0 Å². The second-order valence-corrected chi connectivity index (χ2v) is 5.79. The fourth-order valence-electron chi connectivity index (χ4n) is 3.05. The third-order valence-electron chi connectivity index (χ3n) is 4.21. The molecule has 3 heterocycles. The number of aliphatic carboxylic acids is 1. The summed E-state index contributed by atoms with van der Waals surface area (Å²) in [5.74, 6) is -2.54. The molecule has 0 aliphatic carbocycles. The van der Waals surface area contributed by atoms with Crippen molar-refractivity contribution >= 4 is 18.1 Å². The molecule has 4 N–H and O–H groups in total. The van der Waals surface area contributed by atoms with Crippen molar-refractivity contribution in [3.8, 4) is 0 Å². The molecule has 0 aromatic carbocycles. The number of nitrogens with one attached hydrogen (secondary N) is 2. The molecule has 1 unspecified atom stereocenters. The number of carbonyl (C=O) groups excluding carboxylic acids is 1. The second kappa shape index (κ2) is 5.27. The predicted octanol–water partition coefficient (Wildman–Crippen LogP) is 0.294. The average molecular weight is 361 g/mol. The number of hydrogen-bond donors (Lipinski definition) is 4. The van der Waals surface area contributed by atoms with Crippen LogP contribution in [0.5, 0.6) is 0 Å². The van der Waals surface area contributed by atoms with Crippen molar-refractivity contribution in [1.82, 2.24) is 25.5 Å². The van der Waals surface area contributed by atoms with Gasteiger partial charge in [0.25, 0.3) is 0 Å². The number of aromatic amines is 1. The first-order valence-corrected chi connectivity index (χ1v) is 6.99. The van der Waals surface area contributed by atoms with Gasteiger partial charge in [0.05, 0.1) is 24.5 Å². The van der Waals surface area contributed by atoms with Crippen LogP contribution in [0.2, 0.25) is 0 Å². The molecular formula is C12H13F2N5O6. The van der Waals surface area contributed by atoms with E-state index in [4.69, 9.17) is 10.2 Å². The monoisotopic (exact) mass is 361 g/mol. The SMILES string of the molecule is C[C@]12CN(C(=O)N1OC(F)(F)C(=O)O)C(CNC(=O)O)c1[nH]ncc12. The molecule has 1 aromatic rings. The number of H-pyrrole nitrogens is 1. The zero-order valence-corrected chi connectivity index (χ0v) is 12.7. The number of fused-ring (bicyclic) bond motifs is 4. The van der Waals surface area contributed by atoms with Crippen LogP contribution >= 0.6 is 0 Å². The molecule has 3 amide bonds. The number of aromatic nitrogens is 2. The Balaban J connectivity index is 1.99. The topological polar surface area (TPSA) is 148 Å². The number of nitrogens with zero attached hydrogens (tertiary/aromatic N) is 3. The predicted molar refractivity (Wildman–Crippen MR) is 72.3 cm³/mol. The summed E-state index contributed by atoms with van der Waals surface area (Å²) < 4.78 is 27.0. The van der Waals surface area contributed by atoms with Gasteiger partial charge in [-0.05, 0) is 6.92 Å². The van der Waals surface area contributed by atoms with Crippen molar-refractivity contribution < 1.29 is 38.2 Å². The van der Waals surface area contributed by atoms with Gasteiger partial charge in [0.15, 0.2) is 0 Å². The molecule has 2 aliphatic rings. The maximum atomic E-state index is 13.5. The Kier molecular flexibility index (Phi) is 3.56. The van der Waals surface area contributed by atoms with Crippen LogP contribution in [0.1, 0.15) is 24.2 Å². The summed E-state index contributed by atoms with van der Waals surface area (Å²) in [4.78, 5) is 39.2. The van der Waals surface area contributed by atoms with Crippen LogP contribution < -0.4 is 5.32 Å². The Hall–Kier alpha value is -2.96. The summed E-state index contributed by atoms with van der Waals surface area (Å²) in [6.07, 6.45) is -4.64. The number of carbonyl (C=O) groups is 3. The van der Waals surface area contributed by atoms with E-state index in [1.807, 2.05) is 0 Å². The molecule has 1 fully saturated rings. The van der Waals surface area contributed by atoms with Gasteiger partial charge >= 0.3 is 24.2 Å². The van der Waals surface area contributed by atoms with Crippen molar-refractivity contribution in [2.45, 2.75) is 24.6 Å². The first-order chi connectivity index (χ1) is 11.6. The highest BCUT2D eigenvalue weighted by atomic mass is 19.3. The second-order valence-electron chi connectivity index (χ2n) is 5.79. The van der Waals surface area contributed by atoms with Gasteiger partial charge in [-0.2, -0.15) is 23.8 Å². The number of carboxylic acid groups (broad SMARTS) is 2. The normalized spacial score (nSPS) is 25.1. The third kappa shape index (κ3) is 2.43. The molecular weight excluding hydrogens is 348 g/mol. The molecule has 0 radical (unpaired) electrons. The van der Waals surface area contributed by atoms with E-state index in [-0.39, 0.29) is 13.1 Å². The van der Waals surface area contributed by atoms with Crippen molar-refractivity contribution in [2.75, 3.05) is 13.1 Å². The summed E-state index contributed by atoms with van der Waals surface area (Å²) in [7, 11) is 0. The zero-order chi connectivity index (χ0) is 18.6. The van der Waals surface area contributed by atoms with E-state index >= 15 is 0 Å². The van der Waals surface area contributed by atoms with Crippen LogP contribution in [0, 0.1) is 0 Å². The van der Waals surface area contributed by atoms with Crippen LogP contribution in [0.15, 0.2) is 6.20 Å². The van der Waals surface area contributed by atoms with E-state index in [2.05, 4.69) is 20.4 Å². The molecule has 2 aliphatic heterocycles. The van der Waals surface area contributed by atoms with Crippen molar-refractivity contribution in [3.05, 3.63) is 17.5 Å². The van der Waals surface area contributed by atoms with Crippen molar-refractivity contribution in [3.63, 3.8) is 0 Å². The quantitative estimate of drug-likeness (QED) is 0.589. The van der Waals surface area contributed by atoms with Crippen LogP contribution in [-0.2, 0) is 15.2 Å². The maximum Gasteiger partial charge on any atom is 0.476 e. The van der Waals surface area contributed by atoms with E-state index < -0.39 is 35.8 Å². The van der Waals surface area contributed by atoms with E-state index in [1.54, 1.807) is 0 Å². The van der Waals surface area contributed by atoms with Gasteiger partial charge in [-0.15, -0.1) is 0 Å². The average Bonchev–Trinajstić information content (AvgIpc) is 3.07.